The summed E-state index contributed by atoms with van der Waals surface area (Å²) in [5.74, 6) is -1.04. The maximum absolute atomic E-state index is 12.3. The fourth-order valence-corrected chi connectivity index (χ4v) is 1.85. The van der Waals surface area contributed by atoms with Crippen molar-refractivity contribution in [2.75, 3.05) is 6.54 Å². The van der Waals surface area contributed by atoms with E-state index >= 15 is 0 Å². The number of nitrogens with zero attached hydrogens (tertiary/aromatic N) is 1. The highest BCUT2D eigenvalue weighted by atomic mass is 16.4. The number of amides is 1. The molecule has 1 N–H and O–H groups in total. The second-order valence-electron chi connectivity index (χ2n) is 4.48. The molecule has 0 saturated heterocycles. The first-order chi connectivity index (χ1) is 8.95. The molecule has 0 spiro atoms. The number of rotatable bonds is 5. The smallest absolute Gasteiger partial charge is 0.328 e. The lowest BCUT2D eigenvalue weighted by atomic mass is 10.1. The minimum Gasteiger partial charge on any atom is -0.478 e. The Morgan fingerprint density at radius 3 is 2.58 bits per heavy atom. The molecule has 1 amide bonds. The van der Waals surface area contributed by atoms with E-state index in [1.807, 2.05) is 20.8 Å². The third-order valence-corrected chi connectivity index (χ3v) is 2.78. The topological polar surface area (TPSA) is 57.6 Å². The first-order valence-electron chi connectivity index (χ1n) is 6.27. The number of carbonyl (C=O) groups excluding carboxylic acids is 1. The van der Waals surface area contributed by atoms with Crippen molar-refractivity contribution in [3.05, 3.63) is 41.5 Å². The normalized spacial score (nSPS) is 10.9. The van der Waals surface area contributed by atoms with Gasteiger partial charge < -0.3 is 10.0 Å². The molecule has 0 aliphatic heterocycles. The second-order valence-corrected chi connectivity index (χ2v) is 4.48. The standard InChI is InChI=1S/C15H19NO3/c1-4-16(11(2)3)15(19)13-7-5-6-12(10-13)8-9-14(17)18/h5-11H,4H2,1-3H3,(H,17,18)/b9-8+. The Labute approximate surface area is 113 Å². The van der Waals surface area contributed by atoms with Gasteiger partial charge in [-0.25, -0.2) is 4.79 Å². The van der Waals surface area contributed by atoms with E-state index < -0.39 is 5.97 Å². The van der Waals surface area contributed by atoms with Crippen LogP contribution in [0.5, 0.6) is 0 Å². The summed E-state index contributed by atoms with van der Waals surface area (Å²) in [5, 5.41) is 8.59. The van der Waals surface area contributed by atoms with E-state index in [9.17, 15) is 9.59 Å². The van der Waals surface area contributed by atoms with Crippen molar-refractivity contribution in [3.63, 3.8) is 0 Å². The third-order valence-electron chi connectivity index (χ3n) is 2.78. The second kappa shape index (κ2) is 6.73. The number of benzene rings is 1. The number of carboxylic acid groups (broad SMARTS) is 1. The van der Waals surface area contributed by atoms with E-state index in [0.717, 1.165) is 6.08 Å². The zero-order chi connectivity index (χ0) is 14.4. The van der Waals surface area contributed by atoms with E-state index in [0.29, 0.717) is 17.7 Å². The van der Waals surface area contributed by atoms with Crippen LogP contribution in [0.1, 0.15) is 36.7 Å². The summed E-state index contributed by atoms with van der Waals surface area (Å²) in [6.07, 6.45) is 2.54. The largest absolute Gasteiger partial charge is 0.478 e. The summed E-state index contributed by atoms with van der Waals surface area (Å²) in [6.45, 7) is 6.52. The minimum atomic E-state index is -1.01. The van der Waals surface area contributed by atoms with Crippen LogP contribution >= 0.6 is 0 Å². The van der Waals surface area contributed by atoms with Gasteiger partial charge in [-0.3, -0.25) is 4.79 Å². The Morgan fingerprint density at radius 1 is 1.37 bits per heavy atom. The Kier molecular flexibility index (Phi) is 5.30. The molecule has 0 fully saturated rings. The average molecular weight is 261 g/mol. The zero-order valence-corrected chi connectivity index (χ0v) is 11.5. The molecule has 0 atom stereocenters. The maximum Gasteiger partial charge on any atom is 0.328 e. The van der Waals surface area contributed by atoms with Crippen LogP contribution in [-0.2, 0) is 4.79 Å². The molecule has 0 aliphatic carbocycles. The summed E-state index contributed by atoms with van der Waals surface area (Å²) in [4.78, 5) is 24.5. The molecule has 0 radical (unpaired) electrons. The van der Waals surface area contributed by atoms with Crippen molar-refractivity contribution in [1.29, 1.82) is 0 Å². The average Bonchev–Trinajstić information content (AvgIpc) is 2.37. The Hall–Kier alpha value is -2.10. The zero-order valence-electron chi connectivity index (χ0n) is 11.5. The van der Waals surface area contributed by atoms with Crippen molar-refractivity contribution in [2.24, 2.45) is 0 Å². The summed E-state index contributed by atoms with van der Waals surface area (Å²) >= 11 is 0. The summed E-state index contributed by atoms with van der Waals surface area (Å²) < 4.78 is 0. The molecule has 1 aromatic rings. The van der Waals surface area contributed by atoms with Gasteiger partial charge in [0.25, 0.3) is 5.91 Å². The number of carbonyl (C=O) groups is 2. The maximum atomic E-state index is 12.3. The van der Waals surface area contributed by atoms with Crippen LogP contribution in [0.3, 0.4) is 0 Å². The van der Waals surface area contributed by atoms with E-state index in [2.05, 4.69) is 0 Å². The van der Waals surface area contributed by atoms with Crippen LogP contribution in [-0.4, -0.2) is 34.5 Å². The molecule has 102 valence electrons. The van der Waals surface area contributed by atoms with E-state index in [4.69, 9.17) is 5.11 Å². The molecule has 1 rings (SSSR count). The van der Waals surface area contributed by atoms with Crippen LogP contribution in [0.25, 0.3) is 6.08 Å². The van der Waals surface area contributed by atoms with E-state index in [1.165, 1.54) is 6.08 Å². The molecule has 4 heteroatoms. The summed E-state index contributed by atoms with van der Waals surface area (Å²) in [7, 11) is 0. The first kappa shape index (κ1) is 15.0. The van der Waals surface area contributed by atoms with E-state index in [1.54, 1.807) is 29.2 Å². The number of hydrogen-bond donors (Lipinski definition) is 1. The number of hydrogen-bond acceptors (Lipinski definition) is 2. The van der Waals surface area contributed by atoms with E-state index in [-0.39, 0.29) is 11.9 Å². The van der Waals surface area contributed by atoms with Gasteiger partial charge in [-0.2, -0.15) is 0 Å². The van der Waals surface area contributed by atoms with Gasteiger partial charge in [0, 0.05) is 24.2 Å². The van der Waals surface area contributed by atoms with Crippen molar-refractivity contribution in [2.45, 2.75) is 26.8 Å². The summed E-state index contributed by atoms with van der Waals surface area (Å²) in [6, 6.07) is 7.10. The van der Waals surface area contributed by atoms with Gasteiger partial charge >= 0.3 is 5.97 Å². The van der Waals surface area contributed by atoms with Crippen LogP contribution in [0.4, 0.5) is 0 Å². The predicted molar refractivity (Wildman–Crippen MR) is 75.0 cm³/mol. The number of carboxylic acids is 1. The highest BCUT2D eigenvalue weighted by Gasteiger charge is 2.16. The third kappa shape index (κ3) is 4.25. The molecular weight excluding hydrogens is 242 g/mol. The van der Waals surface area contributed by atoms with Gasteiger partial charge in [-0.15, -0.1) is 0 Å². The van der Waals surface area contributed by atoms with Crippen LogP contribution < -0.4 is 0 Å². The predicted octanol–water partition coefficient (Wildman–Crippen LogP) is 2.65. The Balaban J connectivity index is 2.98. The molecule has 0 bridgehead atoms. The van der Waals surface area contributed by atoms with Gasteiger partial charge in [-0.1, -0.05) is 12.1 Å². The lowest BCUT2D eigenvalue weighted by Crippen LogP contribution is -2.36. The van der Waals surface area contributed by atoms with Gasteiger partial charge in [0.05, 0.1) is 0 Å². The van der Waals surface area contributed by atoms with Crippen molar-refractivity contribution >= 4 is 18.0 Å². The van der Waals surface area contributed by atoms with Crippen molar-refractivity contribution in [3.8, 4) is 0 Å². The minimum absolute atomic E-state index is 0.0388. The fraction of sp³-hybridized carbons (Fsp3) is 0.333. The SMILES string of the molecule is CCN(C(=O)c1cccc(/C=C/C(=O)O)c1)C(C)C. The highest BCUT2D eigenvalue weighted by molar-refractivity contribution is 5.95. The van der Waals surface area contributed by atoms with Gasteiger partial charge in [0.1, 0.15) is 0 Å². The molecule has 1 aromatic carbocycles. The summed E-state index contributed by atoms with van der Waals surface area (Å²) in [5.41, 5.74) is 1.27. The van der Waals surface area contributed by atoms with Gasteiger partial charge in [-0.05, 0) is 44.5 Å². The van der Waals surface area contributed by atoms with Crippen LogP contribution in [0.15, 0.2) is 30.3 Å². The molecular formula is C15H19NO3. The van der Waals surface area contributed by atoms with Gasteiger partial charge in [0.2, 0.25) is 0 Å². The van der Waals surface area contributed by atoms with Gasteiger partial charge in [0.15, 0.2) is 0 Å². The highest BCUT2D eigenvalue weighted by Crippen LogP contribution is 2.12. The molecule has 0 heterocycles. The Bertz CT molecular complexity index is 492. The monoisotopic (exact) mass is 261 g/mol. The van der Waals surface area contributed by atoms with Crippen LogP contribution in [0, 0.1) is 0 Å². The van der Waals surface area contributed by atoms with Crippen LogP contribution in [0.2, 0.25) is 0 Å². The quantitative estimate of drug-likeness (QED) is 0.829. The van der Waals surface area contributed by atoms with Crippen molar-refractivity contribution in [1.82, 2.24) is 4.90 Å². The fourth-order valence-electron chi connectivity index (χ4n) is 1.85. The first-order valence-corrected chi connectivity index (χ1v) is 6.27. The molecule has 0 aromatic heterocycles. The lowest BCUT2D eigenvalue weighted by molar-refractivity contribution is -0.131. The molecule has 0 aliphatic rings. The molecule has 0 saturated carbocycles. The van der Waals surface area contributed by atoms with Crippen molar-refractivity contribution < 1.29 is 14.7 Å². The molecule has 4 nitrogen and oxygen atoms in total. The molecule has 19 heavy (non-hydrogen) atoms. The molecule has 0 unspecified atom stereocenters. The number of aliphatic carboxylic acids is 1. The Morgan fingerprint density at radius 2 is 2.05 bits per heavy atom. The lowest BCUT2D eigenvalue weighted by Gasteiger charge is -2.25.